The number of alkyl halides is 2. The number of nitrogens with zero attached hydrogens (tertiary/aromatic N) is 2. The number of carbonyl (C=O) groups is 1. The number of halogens is 2. The quantitative estimate of drug-likeness (QED) is 0.354. The third-order valence-corrected chi connectivity index (χ3v) is 3.32. The molecule has 0 N–H and O–H groups in total. The normalized spacial score (nSPS) is 20.5. The van der Waals surface area contributed by atoms with Gasteiger partial charge in [0.1, 0.15) is 0 Å². The van der Waals surface area contributed by atoms with Crippen molar-refractivity contribution in [3.63, 3.8) is 0 Å². The van der Waals surface area contributed by atoms with Crippen LogP contribution >= 0.6 is 23.2 Å². The van der Waals surface area contributed by atoms with Crippen LogP contribution in [0.4, 0.5) is 5.69 Å². The first-order valence-corrected chi connectivity index (χ1v) is 7.24. The summed E-state index contributed by atoms with van der Waals surface area (Å²) >= 11 is 11.4. The average Bonchev–Trinajstić information content (AvgIpc) is 2.93. The van der Waals surface area contributed by atoms with Gasteiger partial charge in [-0.25, -0.2) is 9.79 Å². The lowest BCUT2D eigenvalue weighted by atomic mass is 10.0. The van der Waals surface area contributed by atoms with E-state index in [0.717, 1.165) is 0 Å². The molecule has 2 rings (SSSR count). The Bertz CT molecular complexity index is 603. The molecule has 22 heavy (non-hydrogen) atoms. The van der Waals surface area contributed by atoms with Crippen LogP contribution in [0.25, 0.3) is 0 Å². The van der Waals surface area contributed by atoms with Crippen LogP contribution in [-0.4, -0.2) is 34.3 Å². The molecule has 0 bridgehead atoms. The highest BCUT2D eigenvalue weighted by Crippen LogP contribution is 2.33. The van der Waals surface area contributed by atoms with Gasteiger partial charge in [-0.2, -0.15) is 0 Å². The molecule has 0 saturated carbocycles. The Morgan fingerprint density at radius 1 is 1.45 bits per heavy atom. The van der Waals surface area contributed by atoms with Gasteiger partial charge in [0.05, 0.1) is 11.5 Å². The first kappa shape index (κ1) is 16.5. The van der Waals surface area contributed by atoms with Crippen molar-refractivity contribution >= 4 is 40.8 Å². The molecule has 1 aromatic rings. The van der Waals surface area contributed by atoms with Crippen molar-refractivity contribution < 1.29 is 19.2 Å². The number of esters is 1. The fourth-order valence-electron chi connectivity index (χ4n) is 1.98. The molecular formula is C13H12Cl2N2O5. The molecule has 0 aliphatic carbocycles. The van der Waals surface area contributed by atoms with Crippen molar-refractivity contribution in [2.45, 2.75) is 23.9 Å². The molecule has 7 nitrogen and oxygen atoms in total. The second-order valence-corrected chi connectivity index (χ2v) is 5.45. The predicted molar refractivity (Wildman–Crippen MR) is 80.3 cm³/mol. The maximum absolute atomic E-state index is 12.0. The molecule has 118 valence electrons. The maximum atomic E-state index is 12.0. The van der Waals surface area contributed by atoms with Crippen molar-refractivity contribution in [3.8, 4) is 0 Å². The summed E-state index contributed by atoms with van der Waals surface area (Å²) < 4.78 is 10.5. The van der Waals surface area contributed by atoms with E-state index >= 15 is 0 Å². The smallest absolute Gasteiger partial charge is 0.335 e. The van der Waals surface area contributed by atoms with Crippen molar-refractivity contribution in [1.82, 2.24) is 0 Å². The lowest BCUT2D eigenvalue weighted by Crippen LogP contribution is -2.26. The molecule has 2 atom stereocenters. The summed E-state index contributed by atoms with van der Waals surface area (Å²) in [7, 11) is 0. The Morgan fingerprint density at radius 3 is 2.59 bits per heavy atom. The minimum absolute atomic E-state index is 0.0183. The summed E-state index contributed by atoms with van der Waals surface area (Å²) in [5, 5.41) is 10.7. The molecule has 0 radical (unpaired) electrons. The van der Waals surface area contributed by atoms with Crippen LogP contribution < -0.4 is 0 Å². The molecule has 0 spiro atoms. The van der Waals surface area contributed by atoms with Gasteiger partial charge >= 0.3 is 5.97 Å². The van der Waals surface area contributed by atoms with Crippen molar-refractivity contribution in [3.05, 3.63) is 39.9 Å². The zero-order valence-electron chi connectivity index (χ0n) is 11.4. The van der Waals surface area contributed by atoms with E-state index in [0.29, 0.717) is 5.56 Å². The number of hydrogen-bond donors (Lipinski definition) is 0. The molecule has 1 aromatic carbocycles. The fraction of sp³-hybridized carbons (Fsp3) is 0.385. The number of hydrogen-bond acceptors (Lipinski definition) is 6. The highest BCUT2D eigenvalue weighted by atomic mass is 35.5. The summed E-state index contributed by atoms with van der Waals surface area (Å²) in [4.78, 5) is 25.2. The van der Waals surface area contributed by atoms with E-state index in [-0.39, 0.29) is 18.2 Å². The van der Waals surface area contributed by atoms with Crippen molar-refractivity contribution in [1.29, 1.82) is 0 Å². The number of aliphatic imine (C=N–C) groups is 1. The van der Waals surface area contributed by atoms with Gasteiger partial charge in [0.25, 0.3) is 5.69 Å². The first-order chi connectivity index (χ1) is 10.4. The van der Waals surface area contributed by atoms with Gasteiger partial charge in [-0.05, 0) is 24.6 Å². The molecule has 0 amide bonds. The number of non-ortho nitro benzene ring substituents is 1. The topological polar surface area (TPSA) is 91.0 Å². The zero-order chi connectivity index (χ0) is 16.3. The van der Waals surface area contributed by atoms with Gasteiger partial charge < -0.3 is 9.47 Å². The number of carbonyl (C=O) groups excluding carboxylic acids is 1. The molecule has 0 aromatic heterocycles. The summed E-state index contributed by atoms with van der Waals surface area (Å²) in [6, 6.07) is 4.67. The van der Waals surface area contributed by atoms with Gasteiger partial charge in [-0.15, -0.1) is 0 Å². The molecule has 2 unspecified atom stereocenters. The van der Waals surface area contributed by atoms with Crippen LogP contribution in [0.3, 0.4) is 0 Å². The highest BCUT2D eigenvalue weighted by molar-refractivity contribution is 6.53. The number of rotatable bonds is 5. The van der Waals surface area contributed by atoms with Crippen LogP contribution in [0.1, 0.15) is 18.6 Å². The Morgan fingerprint density at radius 2 is 2.09 bits per heavy atom. The Balaban J connectivity index is 2.27. The zero-order valence-corrected chi connectivity index (χ0v) is 13.0. The van der Waals surface area contributed by atoms with E-state index in [4.69, 9.17) is 32.7 Å². The fourth-order valence-corrected chi connectivity index (χ4v) is 2.19. The molecule has 1 heterocycles. The van der Waals surface area contributed by atoms with Gasteiger partial charge in [0.15, 0.2) is 17.0 Å². The lowest BCUT2D eigenvalue weighted by Gasteiger charge is -2.17. The SMILES string of the molecule is CCOC(=O)C1N=C(C(Cl)Cl)OC1c1ccc([N+](=O)[O-])cc1. The van der Waals surface area contributed by atoms with Gasteiger partial charge in [-0.3, -0.25) is 10.1 Å². The second kappa shape index (κ2) is 6.93. The van der Waals surface area contributed by atoms with Crippen LogP contribution in [0.2, 0.25) is 0 Å². The van der Waals surface area contributed by atoms with E-state index in [1.165, 1.54) is 24.3 Å². The molecular weight excluding hydrogens is 335 g/mol. The summed E-state index contributed by atoms with van der Waals surface area (Å²) in [6.07, 6.45) is -0.783. The molecule has 1 aliphatic rings. The standard InChI is InChI=1S/C13H12Cl2N2O5/c1-2-21-13(18)9-10(22-12(16-9)11(14)15)7-3-5-8(6-4-7)17(19)20/h3-6,9-11H,2H2,1H3. The monoisotopic (exact) mass is 346 g/mol. The number of ether oxygens (including phenoxy) is 2. The summed E-state index contributed by atoms with van der Waals surface area (Å²) in [6.45, 7) is 1.86. The molecule has 1 aliphatic heterocycles. The summed E-state index contributed by atoms with van der Waals surface area (Å²) in [5.74, 6) is -0.556. The van der Waals surface area contributed by atoms with E-state index in [1.807, 2.05) is 0 Å². The largest absolute Gasteiger partial charge is 0.468 e. The first-order valence-electron chi connectivity index (χ1n) is 6.37. The van der Waals surface area contributed by atoms with Gasteiger partial charge in [-0.1, -0.05) is 23.2 Å². The van der Waals surface area contributed by atoms with Crippen LogP contribution in [0.5, 0.6) is 0 Å². The van der Waals surface area contributed by atoms with Gasteiger partial charge in [0.2, 0.25) is 5.90 Å². The van der Waals surface area contributed by atoms with Gasteiger partial charge in [0, 0.05) is 12.1 Å². The Labute approximate surface area is 136 Å². The van der Waals surface area contributed by atoms with Crippen molar-refractivity contribution in [2.75, 3.05) is 6.61 Å². The number of nitro benzene ring substituents is 1. The van der Waals surface area contributed by atoms with E-state index in [9.17, 15) is 14.9 Å². The molecule has 0 fully saturated rings. The third kappa shape index (κ3) is 3.48. The summed E-state index contributed by atoms with van der Waals surface area (Å²) in [5.41, 5.74) is 0.472. The number of nitro groups is 1. The van der Waals surface area contributed by atoms with E-state index in [2.05, 4.69) is 4.99 Å². The molecule has 0 saturated heterocycles. The van der Waals surface area contributed by atoms with Crippen LogP contribution in [-0.2, 0) is 14.3 Å². The van der Waals surface area contributed by atoms with Crippen molar-refractivity contribution in [2.24, 2.45) is 4.99 Å². The Kier molecular flexibility index (Phi) is 5.20. The average molecular weight is 347 g/mol. The minimum atomic E-state index is -1.01. The maximum Gasteiger partial charge on any atom is 0.335 e. The number of benzene rings is 1. The molecule has 9 heteroatoms. The Hall–Kier alpha value is -1.86. The van der Waals surface area contributed by atoms with Crippen LogP contribution in [0, 0.1) is 10.1 Å². The predicted octanol–water partition coefficient (Wildman–Crippen LogP) is 2.80. The van der Waals surface area contributed by atoms with Crippen LogP contribution in [0.15, 0.2) is 29.3 Å². The minimum Gasteiger partial charge on any atom is -0.468 e. The lowest BCUT2D eigenvalue weighted by molar-refractivity contribution is -0.384. The second-order valence-electron chi connectivity index (χ2n) is 4.35. The highest BCUT2D eigenvalue weighted by Gasteiger charge is 2.40. The third-order valence-electron chi connectivity index (χ3n) is 2.95. The van der Waals surface area contributed by atoms with E-state index in [1.54, 1.807) is 6.92 Å². The van der Waals surface area contributed by atoms with E-state index < -0.39 is 27.9 Å².